The molecule has 0 aromatic rings. The van der Waals surface area contributed by atoms with Crippen LogP contribution < -0.4 is 0 Å². The zero-order valence-corrected chi connectivity index (χ0v) is 56.0. The minimum absolute atomic E-state index is 0.102. The fourth-order valence-electron chi connectivity index (χ4n) is 9.68. The third kappa shape index (κ3) is 57.8. The summed E-state index contributed by atoms with van der Waals surface area (Å²) in [4.78, 5) is 72.1. The van der Waals surface area contributed by atoms with E-state index in [-0.39, 0.29) is 25.7 Å². The Morgan fingerprint density at radius 3 is 0.905 bits per heavy atom. The molecule has 498 valence electrons. The monoisotopic (exact) mass is 1240 g/mol. The molecule has 0 aliphatic rings. The molecule has 3 N–H and O–H groups in total. The van der Waals surface area contributed by atoms with Gasteiger partial charge in [-0.05, 0) is 37.5 Å². The first-order chi connectivity index (χ1) is 40.4. The molecule has 0 rings (SSSR count). The van der Waals surface area contributed by atoms with Crippen molar-refractivity contribution in [3.05, 3.63) is 0 Å². The summed E-state index contributed by atoms with van der Waals surface area (Å²) in [7, 11) is -9.88. The second kappa shape index (κ2) is 57.5. The van der Waals surface area contributed by atoms with Crippen molar-refractivity contribution in [1.29, 1.82) is 0 Å². The van der Waals surface area contributed by atoms with Gasteiger partial charge in [0.15, 0.2) is 12.2 Å². The molecule has 0 saturated carbocycles. The van der Waals surface area contributed by atoms with Crippen molar-refractivity contribution < 1.29 is 80.2 Å². The fraction of sp³-hybridized carbons (Fsp3) is 0.938. The van der Waals surface area contributed by atoms with Crippen molar-refractivity contribution in [2.75, 3.05) is 39.6 Å². The molecule has 0 spiro atoms. The summed E-state index contributed by atoms with van der Waals surface area (Å²) in [6.45, 7) is 9.35. The average molecular weight is 1240 g/mol. The lowest BCUT2D eigenvalue weighted by atomic mass is 10.00. The van der Waals surface area contributed by atoms with Gasteiger partial charge in [0.2, 0.25) is 0 Å². The van der Waals surface area contributed by atoms with Gasteiger partial charge >= 0.3 is 39.5 Å². The highest BCUT2D eigenvalue weighted by atomic mass is 31.2. The van der Waals surface area contributed by atoms with E-state index in [9.17, 15) is 43.2 Å². The highest BCUT2D eigenvalue weighted by Crippen LogP contribution is 2.45. The first kappa shape index (κ1) is 82.1. The van der Waals surface area contributed by atoms with E-state index in [1.54, 1.807) is 0 Å². The van der Waals surface area contributed by atoms with Crippen LogP contribution in [-0.2, 0) is 65.4 Å². The SMILES string of the molecule is CCCCCCCCCCCCCCCCCCCC(=O)O[C@H](COC(=O)CCCCCCCCC(C)CC)COP(=O)(O)OC[C@@H](O)COP(=O)(O)OC[C@@H](COC(=O)CCCCCCCCCC)OC(=O)CCCCCCCCC(C)C. The molecule has 19 heteroatoms. The molecule has 0 radical (unpaired) electrons. The van der Waals surface area contributed by atoms with E-state index in [0.717, 1.165) is 109 Å². The van der Waals surface area contributed by atoms with Crippen molar-refractivity contribution in [1.82, 2.24) is 0 Å². The van der Waals surface area contributed by atoms with E-state index in [0.29, 0.717) is 31.6 Å². The first-order valence-electron chi connectivity index (χ1n) is 34.0. The quantitative estimate of drug-likeness (QED) is 0.0222. The van der Waals surface area contributed by atoms with Crippen LogP contribution in [0.25, 0.3) is 0 Å². The number of carbonyl (C=O) groups excluding carboxylic acids is 4. The van der Waals surface area contributed by atoms with Crippen molar-refractivity contribution in [2.45, 2.75) is 342 Å². The van der Waals surface area contributed by atoms with Crippen LogP contribution in [0.15, 0.2) is 0 Å². The Hall–Kier alpha value is -1.94. The normalized spacial score (nSPS) is 14.6. The van der Waals surface area contributed by atoms with Gasteiger partial charge in [0.05, 0.1) is 26.4 Å². The van der Waals surface area contributed by atoms with Crippen LogP contribution >= 0.6 is 15.6 Å². The van der Waals surface area contributed by atoms with Gasteiger partial charge in [-0.2, -0.15) is 0 Å². The Morgan fingerprint density at radius 1 is 0.345 bits per heavy atom. The molecule has 0 fully saturated rings. The lowest BCUT2D eigenvalue weighted by molar-refractivity contribution is -0.161. The number of ether oxygens (including phenoxy) is 4. The molecule has 3 unspecified atom stereocenters. The Morgan fingerprint density at radius 2 is 0.607 bits per heavy atom. The highest BCUT2D eigenvalue weighted by Gasteiger charge is 2.30. The van der Waals surface area contributed by atoms with Crippen molar-refractivity contribution in [3.8, 4) is 0 Å². The minimum Gasteiger partial charge on any atom is -0.462 e. The predicted molar refractivity (Wildman–Crippen MR) is 335 cm³/mol. The summed E-state index contributed by atoms with van der Waals surface area (Å²) in [5.74, 6) is -0.739. The molecule has 0 amide bonds. The number of hydrogen-bond acceptors (Lipinski definition) is 15. The number of hydrogen-bond donors (Lipinski definition) is 3. The maximum atomic E-state index is 13.0. The molecule has 0 aliphatic heterocycles. The number of carbonyl (C=O) groups is 4. The maximum absolute atomic E-state index is 13.0. The Balaban J connectivity index is 5.19. The molecule has 17 nitrogen and oxygen atoms in total. The molecular weight excluding hydrogens is 1110 g/mol. The molecule has 6 atom stereocenters. The second-order valence-corrected chi connectivity index (χ2v) is 27.1. The molecule has 0 bridgehead atoms. The van der Waals surface area contributed by atoms with E-state index in [1.807, 2.05) is 0 Å². The lowest BCUT2D eigenvalue weighted by Crippen LogP contribution is -2.30. The third-order valence-corrected chi connectivity index (χ3v) is 17.2. The lowest BCUT2D eigenvalue weighted by Gasteiger charge is -2.21. The zero-order valence-electron chi connectivity index (χ0n) is 54.2. The summed E-state index contributed by atoms with van der Waals surface area (Å²) in [6.07, 6.45) is 40.6. The summed E-state index contributed by atoms with van der Waals surface area (Å²) >= 11 is 0. The second-order valence-electron chi connectivity index (χ2n) is 24.2. The van der Waals surface area contributed by atoms with Gasteiger partial charge in [-0.3, -0.25) is 37.3 Å². The molecule has 84 heavy (non-hydrogen) atoms. The van der Waals surface area contributed by atoms with Gasteiger partial charge in [-0.15, -0.1) is 0 Å². The van der Waals surface area contributed by atoms with E-state index >= 15 is 0 Å². The number of phosphoric acid groups is 2. The van der Waals surface area contributed by atoms with Gasteiger partial charge in [0.1, 0.15) is 19.3 Å². The van der Waals surface area contributed by atoms with Crippen LogP contribution in [0.1, 0.15) is 324 Å². The molecule has 0 saturated heterocycles. The average Bonchev–Trinajstić information content (AvgIpc) is 3.62. The topological polar surface area (TPSA) is 237 Å². The zero-order chi connectivity index (χ0) is 62.2. The van der Waals surface area contributed by atoms with E-state index in [4.69, 9.17) is 37.0 Å². The van der Waals surface area contributed by atoms with Crippen molar-refractivity contribution in [3.63, 3.8) is 0 Å². The van der Waals surface area contributed by atoms with Gasteiger partial charge in [0, 0.05) is 25.7 Å². The van der Waals surface area contributed by atoms with Gasteiger partial charge < -0.3 is 33.8 Å². The Bertz CT molecular complexity index is 1650. The summed E-state index contributed by atoms with van der Waals surface area (Å²) in [5, 5.41) is 10.5. The highest BCUT2D eigenvalue weighted by molar-refractivity contribution is 7.47. The summed E-state index contributed by atoms with van der Waals surface area (Å²) < 4.78 is 67.9. The number of unbranched alkanes of at least 4 members (excludes halogenated alkanes) is 33. The van der Waals surface area contributed by atoms with Crippen LogP contribution in [0.2, 0.25) is 0 Å². The molecular formula is C65H126O17P2. The molecule has 0 aromatic heterocycles. The van der Waals surface area contributed by atoms with E-state index < -0.39 is 97.5 Å². The smallest absolute Gasteiger partial charge is 0.462 e. The number of rotatable bonds is 64. The number of phosphoric ester groups is 2. The number of aliphatic hydroxyl groups excluding tert-OH is 1. The molecule has 0 aromatic carbocycles. The fourth-order valence-corrected chi connectivity index (χ4v) is 11.3. The van der Waals surface area contributed by atoms with Gasteiger partial charge in [0.25, 0.3) is 0 Å². The minimum atomic E-state index is -4.95. The molecule has 0 heterocycles. The van der Waals surface area contributed by atoms with Gasteiger partial charge in [-0.1, -0.05) is 273 Å². The molecule has 0 aliphatic carbocycles. The maximum Gasteiger partial charge on any atom is 0.472 e. The summed E-state index contributed by atoms with van der Waals surface area (Å²) in [5.41, 5.74) is 0. The Labute approximate surface area is 511 Å². The third-order valence-electron chi connectivity index (χ3n) is 15.3. The van der Waals surface area contributed by atoms with Crippen LogP contribution in [0, 0.1) is 11.8 Å². The van der Waals surface area contributed by atoms with Crippen LogP contribution in [-0.4, -0.2) is 96.7 Å². The van der Waals surface area contributed by atoms with Crippen molar-refractivity contribution in [2.24, 2.45) is 11.8 Å². The van der Waals surface area contributed by atoms with Crippen LogP contribution in [0.3, 0.4) is 0 Å². The summed E-state index contributed by atoms with van der Waals surface area (Å²) in [6, 6.07) is 0. The van der Waals surface area contributed by atoms with Crippen LogP contribution in [0.5, 0.6) is 0 Å². The van der Waals surface area contributed by atoms with E-state index in [2.05, 4.69) is 41.5 Å². The first-order valence-corrected chi connectivity index (χ1v) is 37.0. The number of esters is 4. The van der Waals surface area contributed by atoms with E-state index in [1.165, 1.54) is 128 Å². The largest absolute Gasteiger partial charge is 0.472 e. The number of aliphatic hydroxyl groups is 1. The Kier molecular flexibility index (Phi) is 56.2. The van der Waals surface area contributed by atoms with Crippen molar-refractivity contribution >= 4 is 39.5 Å². The van der Waals surface area contributed by atoms with Crippen LogP contribution in [0.4, 0.5) is 0 Å². The standard InChI is InChI=1S/C65H126O17P2/c1-7-10-12-14-16-18-19-20-21-22-23-24-25-26-28-37-43-49-64(69)81-60(54-76-63(68)48-42-36-32-30-34-40-46-58(6)9-3)55-79-83(71,72)77-51-59(66)52-78-84(73,74)80-56-61(53-75-62(67)47-41-35-27-17-15-13-11-8-2)82-65(70)50-44-38-31-29-33-39-45-57(4)5/h57-61,66H,7-56H2,1-6H3,(H,71,72)(H,73,74)/t58?,59-,60-,61-/m1/s1. The predicted octanol–water partition coefficient (Wildman–Crippen LogP) is 18.0. The van der Waals surface area contributed by atoms with Gasteiger partial charge in [-0.25, -0.2) is 9.13 Å².